The Labute approximate surface area is 178 Å². The zero-order valence-electron chi connectivity index (χ0n) is 17.6. The van der Waals surface area contributed by atoms with Crippen LogP contribution in [0.3, 0.4) is 0 Å². The molecule has 162 valence electrons. The largest absolute Gasteiger partial charge is 0.379 e. The third-order valence-corrected chi connectivity index (χ3v) is 6.07. The number of hydrogen-bond donors (Lipinski definition) is 2. The van der Waals surface area contributed by atoms with Crippen LogP contribution in [0.1, 0.15) is 67.3 Å². The molecule has 1 aromatic rings. The summed E-state index contributed by atoms with van der Waals surface area (Å²) >= 11 is 0. The van der Waals surface area contributed by atoms with Crippen molar-refractivity contribution >= 4 is 11.8 Å². The Hall–Kier alpha value is -2.18. The molecule has 2 amide bonds. The first-order valence-corrected chi connectivity index (χ1v) is 11.3. The molecule has 2 N–H and O–H groups in total. The minimum Gasteiger partial charge on any atom is -0.379 e. The fraction of sp³-hybridized carbons (Fsp3) is 0.583. The second-order valence-electron chi connectivity index (χ2n) is 8.46. The van der Waals surface area contributed by atoms with Gasteiger partial charge >= 0.3 is 0 Å². The van der Waals surface area contributed by atoms with Crippen LogP contribution in [0.4, 0.5) is 0 Å². The highest BCUT2D eigenvalue weighted by atomic mass is 16.5. The summed E-state index contributed by atoms with van der Waals surface area (Å²) in [7, 11) is 0. The molecule has 2 fully saturated rings. The second-order valence-corrected chi connectivity index (χ2v) is 8.46. The number of rotatable bonds is 3. The van der Waals surface area contributed by atoms with Crippen LogP contribution in [0.2, 0.25) is 0 Å². The average Bonchev–Trinajstić information content (AvgIpc) is 3.52. The van der Waals surface area contributed by atoms with Crippen LogP contribution in [-0.4, -0.2) is 43.7 Å². The quantitative estimate of drug-likeness (QED) is 0.747. The molecule has 0 aromatic heterocycles. The third kappa shape index (κ3) is 5.49. The van der Waals surface area contributed by atoms with Gasteiger partial charge in [0.15, 0.2) is 0 Å². The van der Waals surface area contributed by atoms with E-state index in [1.165, 1.54) is 5.57 Å². The van der Waals surface area contributed by atoms with E-state index < -0.39 is 0 Å². The van der Waals surface area contributed by atoms with Crippen LogP contribution in [0.25, 0.3) is 0 Å². The van der Waals surface area contributed by atoms with Crippen LogP contribution in [0, 0.1) is 0 Å². The van der Waals surface area contributed by atoms with Crippen molar-refractivity contribution in [2.24, 2.45) is 0 Å². The molecule has 0 radical (unpaired) electrons. The number of ether oxygens (including phenoxy) is 2. The molecule has 1 heterocycles. The van der Waals surface area contributed by atoms with E-state index in [1.54, 1.807) is 0 Å². The van der Waals surface area contributed by atoms with Gasteiger partial charge < -0.3 is 20.1 Å². The molecule has 1 aromatic carbocycles. The Balaban J connectivity index is 1.58. The SMILES string of the molecule is O=C(NC1CC1)C(=C1CCC1)C1CCCCOCCOCc2ccccc2C(=O)N1. The van der Waals surface area contributed by atoms with E-state index >= 15 is 0 Å². The summed E-state index contributed by atoms with van der Waals surface area (Å²) < 4.78 is 11.4. The Kier molecular flexibility index (Phi) is 7.18. The maximum absolute atomic E-state index is 13.2. The van der Waals surface area contributed by atoms with Crippen LogP contribution in [0.15, 0.2) is 35.4 Å². The molecule has 1 aliphatic heterocycles. The standard InChI is InChI=1S/C24H32N2O4/c27-23-20-9-2-1-6-18(20)16-30-15-14-29-13-4-3-10-21(26-23)22(17-7-5-8-17)24(28)25-19-11-12-19/h1-2,6,9,19,21H,3-5,7-8,10-16H2,(H,25,28)(H,26,27). The van der Waals surface area contributed by atoms with E-state index in [0.717, 1.165) is 62.5 Å². The van der Waals surface area contributed by atoms with Crippen LogP contribution in [0.5, 0.6) is 0 Å². The molecular formula is C24H32N2O4. The lowest BCUT2D eigenvalue weighted by molar-refractivity contribution is -0.118. The van der Waals surface area contributed by atoms with Crippen molar-refractivity contribution in [3.8, 4) is 0 Å². The van der Waals surface area contributed by atoms with Crippen molar-refractivity contribution < 1.29 is 19.1 Å². The first-order chi connectivity index (χ1) is 14.7. The zero-order chi connectivity index (χ0) is 20.8. The van der Waals surface area contributed by atoms with E-state index in [0.29, 0.717) is 38.0 Å². The molecule has 0 saturated heterocycles. The number of hydrogen-bond acceptors (Lipinski definition) is 4. The fourth-order valence-electron chi connectivity index (χ4n) is 4.03. The Bertz CT molecular complexity index is 794. The Morgan fingerprint density at radius 1 is 0.967 bits per heavy atom. The van der Waals surface area contributed by atoms with Crippen molar-refractivity contribution in [3.05, 3.63) is 46.5 Å². The predicted octanol–water partition coefficient (Wildman–Crippen LogP) is 3.26. The van der Waals surface area contributed by atoms with Gasteiger partial charge in [-0.2, -0.15) is 0 Å². The maximum atomic E-state index is 13.2. The molecule has 4 rings (SSSR count). The third-order valence-electron chi connectivity index (χ3n) is 6.07. The molecule has 2 aliphatic carbocycles. The predicted molar refractivity (Wildman–Crippen MR) is 114 cm³/mol. The summed E-state index contributed by atoms with van der Waals surface area (Å²) in [6.45, 7) is 2.10. The minimum atomic E-state index is -0.275. The van der Waals surface area contributed by atoms with Crippen molar-refractivity contribution in [2.45, 2.75) is 70.1 Å². The van der Waals surface area contributed by atoms with Crippen LogP contribution < -0.4 is 10.6 Å². The zero-order valence-corrected chi connectivity index (χ0v) is 17.6. The molecule has 1 unspecified atom stereocenters. The minimum absolute atomic E-state index is 0.00600. The van der Waals surface area contributed by atoms with Gasteiger partial charge in [0, 0.05) is 23.8 Å². The van der Waals surface area contributed by atoms with Gasteiger partial charge in [0.05, 0.1) is 25.9 Å². The molecule has 2 saturated carbocycles. The fourth-order valence-corrected chi connectivity index (χ4v) is 4.03. The summed E-state index contributed by atoms with van der Waals surface area (Å²) in [4.78, 5) is 26.3. The van der Waals surface area contributed by atoms with Crippen molar-refractivity contribution in [1.29, 1.82) is 0 Å². The average molecular weight is 413 g/mol. The molecular weight excluding hydrogens is 380 g/mol. The van der Waals surface area contributed by atoms with Gasteiger partial charge in [-0.25, -0.2) is 0 Å². The van der Waals surface area contributed by atoms with E-state index in [-0.39, 0.29) is 17.9 Å². The number of nitrogens with one attached hydrogen (secondary N) is 2. The van der Waals surface area contributed by atoms with Gasteiger partial charge in [0.2, 0.25) is 5.91 Å². The summed E-state index contributed by atoms with van der Waals surface area (Å²) in [5.74, 6) is -0.129. The number of fused-ring (bicyclic) bond motifs is 1. The first kappa shape index (κ1) is 21.1. The van der Waals surface area contributed by atoms with Crippen molar-refractivity contribution in [2.75, 3.05) is 19.8 Å². The number of allylic oxidation sites excluding steroid dienone is 1. The van der Waals surface area contributed by atoms with Crippen molar-refractivity contribution in [3.63, 3.8) is 0 Å². The summed E-state index contributed by atoms with van der Waals surface area (Å²) in [5.41, 5.74) is 3.46. The molecule has 1 atom stereocenters. The lowest BCUT2D eigenvalue weighted by Gasteiger charge is -2.29. The van der Waals surface area contributed by atoms with Gasteiger partial charge in [0.1, 0.15) is 0 Å². The van der Waals surface area contributed by atoms with Gasteiger partial charge in [-0.05, 0) is 63.0 Å². The number of amides is 2. The smallest absolute Gasteiger partial charge is 0.252 e. The van der Waals surface area contributed by atoms with E-state index in [4.69, 9.17) is 9.47 Å². The highest BCUT2D eigenvalue weighted by Crippen LogP contribution is 2.32. The number of carbonyl (C=O) groups excluding carboxylic acids is 2. The van der Waals surface area contributed by atoms with Gasteiger partial charge in [-0.15, -0.1) is 0 Å². The normalized spacial score (nSPS) is 23.4. The summed E-state index contributed by atoms with van der Waals surface area (Å²) in [6.07, 6.45) is 7.65. The molecule has 3 aliphatic rings. The topological polar surface area (TPSA) is 76.7 Å². The lowest BCUT2D eigenvalue weighted by Crippen LogP contribution is -2.43. The highest BCUT2D eigenvalue weighted by molar-refractivity contribution is 5.99. The molecule has 6 nitrogen and oxygen atoms in total. The molecule has 0 spiro atoms. The van der Waals surface area contributed by atoms with E-state index in [9.17, 15) is 9.59 Å². The Morgan fingerprint density at radius 2 is 1.77 bits per heavy atom. The van der Waals surface area contributed by atoms with Gasteiger partial charge in [0.25, 0.3) is 5.91 Å². The molecule has 6 heteroatoms. The van der Waals surface area contributed by atoms with E-state index in [2.05, 4.69) is 10.6 Å². The summed E-state index contributed by atoms with van der Waals surface area (Å²) in [6, 6.07) is 7.55. The van der Waals surface area contributed by atoms with Crippen molar-refractivity contribution in [1.82, 2.24) is 10.6 Å². The lowest BCUT2D eigenvalue weighted by atomic mass is 9.83. The van der Waals surface area contributed by atoms with Crippen LogP contribution in [-0.2, 0) is 20.9 Å². The monoisotopic (exact) mass is 412 g/mol. The highest BCUT2D eigenvalue weighted by Gasteiger charge is 2.32. The molecule has 0 bridgehead atoms. The van der Waals surface area contributed by atoms with Crippen LogP contribution >= 0.6 is 0 Å². The van der Waals surface area contributed by atoms with Gasteiger partial charge in [-0.1, -0.05) is 23.8 Å². The Morgan fingerprint density at radius 3 is 2.53 bits per heavy atom. The number of carbonyl (C=O) groups is 2. The summed E-state index contributed by atoms with van der Waals surface area (Å²) in [5, 5.41) is 6.34. The molecule has 30 heavy (non-hydrogen) atoms. The maximum Gasteiger partial charge on any atom is 0.252 e. The van der Waals surface area contributed by atoms with Gasteiger partial charge in [-0.3, -0.25) is 9.59 Å². The number of benzene rings is 1. The van der Waals surface area contributed by atoms with E-state index in [1.807, 2.05) is 24.3 Å². The second kappa shape index (κ2) is 10.2. The first-order valence-electron chi connectivity index (χ1n) is 11.3.